The van der Waals surface area contributed by atoms with E-state index in [1.165, 1.54) is 27.7 Å². The van der Waals surface area contributed by atoms with Crippen LogP contribution in [-0.4, -0.2) is 87.4 Å². The summed E-state index contributed by atoms with van der Waals surface area (Å²) in [6.45, 7) is 5.91. The van der Waals surface area contributed by atoms with Crippen molar-refractivity contribution >= 4 is 23.8 Å². The van der Waals surface area contributed by atoms with Crippen molar-refractivity contribution in [2.24, 2.45) is 5.73 Å². The highest BCUT2D eigenvalue weighted by molar-refractivity contribution is 5.73. The van der Waals surface area contributed by atoms with Crippen molar-refractivity contribution in [1.82, 2.24) is 5.32 Å². The Hall–Kier alpha value is -2.28. The van der Waals surface area contributed by atoms with Gasteiger partial charge in [0.2, 0.25) is 5.91 Å². The minimum Gasteiger partial charge on any atom is -0.466 e. The van der Waals surface area contributed by atoms with Crippen LogP contribution >= 0.6 is 0 Å². The summed E-state index contributed by atoms with van der Waals surface area (Å²) in [5.74, 6) is -2.21. The van der Waals surface area contributed by atoms with Gasteiger partial charge in [0.25, 0.3) is 0 Å². The maximum Gasteiger partial charge on any atom is 0.303 e. The highest BCUT2D eigenvalue weighted by atomic mass is 16.7. The largest absolute Gasteiger partial charge is 0.466 e. The molecule has 1 amide bonds. The van der Waals surface area contributed by atoms with E-state index in [-0.39, 0.29) is 26.2 Å². The van der Waals surface area contributed by atoms with Gasteiger partial charge in [-0.05, 0) is 0 Å². The number of hydrogen-bond acceptors (Lipinski definition) is 11. The van der Waals surface area contributed by atoms with Gasteiger partial charge in [-0.25, -0.2) is 0 Å². The molecule has 3 N–H and O–H groups in total. The van der Waals surface area contributed by atoms with Crippen LogP contribution in [0.3, 0.4) is 0 Å². The van der Waals surface area contributed by atoms with Crippen LogP contribution in [0.5, 0.6) is 0 Å². The van der Waals surface area contributed by atoms with Crippen molar-refractivity contribution in [2.45, 2.75) is 64.8 Å². The van der Waals surface area contributed by atoms with Crippen molar-refractivity contribution in [2.75, 3.05) is 33.0 Å². The minimum absolute atomic E-state index is 0.0261. The van der Waals surface area contributed by atoms with E-state index in [2.05, 4.69) is 5.32 Å². The number of ether oxygens (including phenoxy) is 6. The molecule has 0 spiro atoms. The lowest BCUT2D eigenvalue weighted by atomic mass is 9.94. The molecule has 178 valence electrons. The third-order valence-electron chi connectivity index (χ3n) is 4.10. The molecule has 0 saturated carbocycles. The first-order valence-corrected chi connectivity index (χ1v) is 9.95. The Morgan fingerprint density at radius 2 is 1.52 bits per heavy atom. The van der Waals surface area contributed by atoms with Gasteiger partial charge >= 0.3 is 17.9 Å². The second kappa shape index (κ2) is 13.9. The zero-order valence-electron chi connectivity index (χ0n) is 18.3. The average molecular weight is 448 g/mol. The van der Waals surface area contributed by atoms with Crippen LogP contribution in [0.4, 0.5) is 0 Å². The second-order valence-electron chi connectivity index (χ2n) is 6.82. The van der Waals surface area contributed by atoms with Crippen molar-refractivity contribution in [1.29, 1.82) is 0 Å². The fourth-order valence-corrected chi connectivity index (χ4v) is 3.06. The van der Waals surface area contributed by atoms with Crippen LogP contribution in [0.25, 0.3) is 0 Å². The van der Waals surface area contributed by atoms with Crippen LogP contribution in [0.1, 0.15) is 34.1 Å². The molecule has 0 aromatic rings. The summed E-state index contributed by atoms with van der Waals surface area (Å²) < 4.78 is 32.7. The predicted octanol–water partition coefficient (Wildman–Crippen LogP) is -0.975. The first kappa shape index (κ1) is 26.8. The standard InChI is InChI=1S/C19H32N2O10/c1-11(22)21-16-18(30-14(4)25)17(29-13(3)24)15(5-7-27-12(2)23)31-19(16)28-10-9-26-8-6-20/h15-19H,5-10,20H2,1-4H3,(H,21,22)/t15-,16-,17+,18-,19-/m1/s1. The molecule has 5 atom stereocenters. The Bertz CT molecular complexity index is 614. The first-order chi connectivity index (χ1) is 14.6. The molecule has 0 bridgehead atoms. The highest BCUT2D eigenvalue weighted by Crippen LogP contribution is 2.29. The third kappa shape index (κ3) is 10.0. The first-order valence-electron chi connectivity index (χ1n) is 9.95. The summed E-state index contributed by atoms with van der Waals surface area (Å²) in [5.41, 5.74) is 5.37. The van der Waals surface area contributed by atoms with Gasteiger partial charge in [-0.1, -0.05) is 0 Å². The van der Waals surface area contributed by atoms with Gasteiger partial charge in [0.15, 0.2) is 18.5 Å². The van der Waals surface area contributed by atoms with E-state index in [1.54, 1.807) is 0 Å². The van der Waals surface area contributed by atoms with Gasteiger partial charge in [0, 0.05) is 40.7 Å². The summed E-state index contributed by atoms with van der Waals surface area (Å²) in [5, 5.41) is 2.63. The molecule has 0 radical (unpaired) electrons. The predicted molar refractivity (Wildman–Crippen MR) is 104 cm³/mol. The van der Waals surface area contributed by atoms with Crippen LogP contribution in [0.15, 0.2) is 0 Å². The molecule has 0 aliphatic carbocycles. The molecule has 1 heterocycles. The van der Waals surface area contributed by atoms with Gasteiger partial charge in [-0.3, -0.25) is 19.2 Å². The van der Waals surface area contributed by atoms with Crippen molar-refractivity contribution in [3.8, 4) is 0 Å². The molecular weight excluding hydrogens is 416 g/mol. The average Bonchev–Trinajstić information content (AvgIpc) is 2.65. The molecule has 1 saturated heterocycles. The fraction of sp³-hybridized carbons (Fsp3) is 0.789. The van der Waals surface area contributed by atoms with Gasteiger partial charge < -0.3 is 39.5 Å². The Morgan fingerprint density at radius 1 is 0.871 bits per heavy atom. The van der Waals surface area contributed by atoms with Gasteiger partial charge in [0.1, 0.15) is 12.1 Å². The molecule has 1 aliphatic heterocycles. The number of hydrogen-bond donors (Lipinski definition) is 2. The van der Waals surface area contributed by atoms with Crippen LogP contribution in [0, 0.1) is 0 Å². The van der Waals surface area contributed by atoms with E-state index < -0.39 is 54.5 Å². The third-order valence-corrected chi connectivity index (χ3v) is 4.10. The smallest absolute Gasteiger partial charge is 0.303 e. The highest BCUT2D eigenvalue weighted by Gasteiger charge is 2.50. The zero-order valence-corrected chi connectivity index (χ0v) is 18.3. The lowest BCUT2D eigenvalue weighted by molar-refractivity contribution is -0.275. The van der Waals surface area contributed by atoms with Crippen molar-refractivity contribution in [3.05, 3.63) is 0 Å². The number of nitrogens with one attached hydrogen (secondary N) is 1. The Kier molecular flexibility index (Phi) is 12.0. The summed E-state index contributed by atoms with van der Waals surface area (Å²) in [4.78, 5) is 46.4. The number of rotatable bonds is 12. The molecule has 0 unspecified atom stereocenters. The molecule has 1 aliphatic rings. The van der Waals surface area contributed by atoms with Gasteiger partial charge in [-0.2, -0.15) is 0 Å². The topological polar surface area (TPSA) is 162 Å². The van der Waals surface area contributed by atoms with Crippen molar-refractivity contribution in [3.63, 3.8) is 0 Å². The van der Waals surface area contributed by atoms with E-state index >= 15 is 0 Å². The Morgan fingerprint density at radius 3 is 2.06 bits per heavy atom. The molecule has 12 nitrogen and oxygen atoms in total. The van der Waals surface area contributed by atoms with Crippen LogP contribution in [-0.2, 0) is 47.6 Å². The van der Waals surface area contributed by atoms with Gasteiger partial charge in [0.05, 0.1) is 26.4 Å². The summed E-state index contributed by atoms with van der Waals surface area (Å²) in [6.07, 6.45) is -3.93. The van der Waals surface area contributed by atoms with E-state index in [0.717, 1.165) is 0 Å². The normalized spacial score (nSPS) is 25.4. The monoisotopic (exact) mass is 448 g/mol. The fourth-order valence-electron chi connectivity index (χ4n) is 3.06. The summed E-state index contributed by atoms with van der Waals surface area (Å²) >= 11 is 0. The SMILES string of the molecule is CC(=O)N[C@H]1[C@H](OCCOCCN)O[C@H](CCOC(C)=O)[C@H](OC(C)=O)[C@@H]1OC(C)=O. The molecule has 1 rings (SSSR count). The van der Waals surface area contributed by atoms with Gasteiger partial charge in [-0.15, -0.1) is 0 Å². The van der Waals surface area contributed by atoms with Crippen LogP contribution < -0.4 is 11.1 Å². The molecule has 0 aromatic carbocycles. The minimum atomic E-state index is -1.10. The molecular formula is C19H32N2O10. The number of amides is 1. The molecule has 12 heteroatoms. The van der Waals surface area contributed by atoms with E-state index in [0.29, 0.717) is 13.2 Å². The zero-order chi connectivity index (χ0) is 23.4. The van der Waals surface area contributed by atoms with Crippen LogP contribution in [0.2, 0.25) is 0 Å². The number of nitrogens with two attached hydrogens (primary N) is 1. The maximum absolute atomic E-state index is 11.8. The molecule has 0 aromatic heterocycles. The quantitative estimate of drug-likeness (QED) is 0.214. The van der Waals surface area contributed by atoms with E-state index in [1.807, 2.05) is 0 Å². The van der Waals surface area contributed by atoms with Crippen molar-refractivity contribution < 1.29 is 47.6 Å². The second-order valence-corrected chi connectivity index (χ2v) is 6.82. The summed E-state index contributed by atoms with van der Waals surface area (Å²) in [6, 6.07) is -0.967. The number of esters is 3. The van der Waals surface area contributed by atoms with E-state index in [4.69, 9.17) is 34.2 Å². The number of carbonyl (C=O) groups excluding carboxylic acids is 4. The van der Waals surface area contributed by atoms with E-state index in [9.17, 15) is 19.2 Å². The Labute approximate surface area is 181 Å². The maximum atomic E-state index is 11.8. The lowest BCUT2D eigenvalue weighted by Crippen LogP contribution is -2.66. The number of carbonyl (C=O) groups is 4. The summed E-state index contributed by atoms with van der Waals surface area (Å²) in [7, 11) is 0. The molecule has 31 heavy (non-hydrogen) atoms. The molecule has 1 fully saturated rings. The lowest BCUT2D eigenvalue weighted by Gasteiger charge is -2.45. The Balaban J connectivity index is 3.11.